The van der Waals surface area contributed by atoms with E-state index in [1.54, 1.807) is 0 Å². The van der Waals surface area contributed by atoms with Gasteiger partial charge in [0.2, 0.25) is 0 Å². The summed E-state index contributed by atoms with van der Waals surface area (Å²) < 4.78 is 0. The quantitative estimate of drug-likeness (QED) is 0.177. The number of nitrogens with zero attached hydrogens (tertiary/aromatic N) is 2. The van der Waals surface area contributed by atoms with Gasteiger partial charge in [0.15, 0.2) is 5.82 Å². The number of hydrogen-bond donors (Lipinski definition) is 0. The Morgan fingerprint density at radius 1 is 0.651 bits per heavy atom. The largest absolute Gasteiger partial charge is 0.228 e. The molecule has 0 amide bonds. The topological polar surface area (TPSA) is 25.8 Å². The highest BCUT2D eigenvalue weighted by atomic mass is 14.9. The van der Waals surface area contributed by atoms with Gasteiger partial charge in [-0.05, 0) is 53.7 Å². The molecule has 2 nitrogen and oxygen atoms in total. The lowest BCUT2D eigenvalue weighted by molar-refractivity contribution is 0.346. The second kappa shape index (κ2) is 13.0. The van der Waals surface area contributed by atoms with E-state index in [9.17, 15) is 0 Å². The molecule has 1 aliphatic carbocycles. The van der Waals surface area contributed by atoms with Crippen LogP contribution in [0.15, 0.2) is 146 Å². The van der Waals surface area contributed by atoms with E-state index < -0.39 is 0 Å². The van der Waals surface area contributed by atoms with Gasteiger partial charge in [0.05, 0.1) is 11.4 Å². The monoisotopic (exact) mass is 558 g/mol. The maximum Gasteiger partial charge on any atom is 0.160 e. The Hall–Kier alpha value is -4.82. The normalized spacial score (nSPS) is 15.0. The third kappa shape index (κ3) is 6.05. The standard InChI is InChI=1S/C41H38N2/c1-3-14-33(15-4-2)38-30-39(34-18-10-6-11-19-34)43-40(42-38)35-22-26-37(27-23-35)41(28-12-7-13-29-41)36-24-20-32(21-25-36)31-16-8-5-9-17-31/h3-6,8-11,14-27,30H,1,7,12-13,28-29H2,2H3/b15-4-,33-14+. The van der Waals surface area contributed by atoms with Crippen LogP contribution in [0.5, 0.6) is 0 Å². The van der Waals surface area contributed by atoms with E-state index >= 15 is 0 Å². The molecule has 2 heteroatoms. The molecule has 0 spiro atoms. The van der Waals surface area contributed by atoms with Gasteiger partial charge in [-0.1, -0.05) is 159 Å². The molecule has 4 aromatic carbocycles. The molecule has 1 fully saturated rings. The maximum absolute atomic E-state index is 5.04. The zero-order chi connectivity index (χ0) is 29.5. The molecule has 6 rings (SSSR count). The van der Waals surface area contributed by atoms with Gasteiger partial charge in [-0.3, -0.25) is 0 Å². The smallest absolute Gasteiger partial charge is 0.160 e. The van der Waals surface area contributed by atoms with Crippen molar-refractivity contribution in [1.29, 1.82) is 0 Å². The third-order valence-electron chi connectivity index (χ3n) is 8.68. The summed E-state index contributed by atoms with van der Waals surface area (Å²) in [5.41, 5.74) is 10.2. The van der Waals surface area contributed by atoms with Crippen LogP contribution in [-0.2, 0) is 5.41 Å². The van der Waals surface area contributed by atoms with Crippen molar-refractivity contribution in [3.63, 3.8) is 0 Å². The van der Waals surface area contributed by atoms with Crippen LogP contribution in [0, 0.1) is 0 Å². The Balaban J connectivity index is 1.39. The second-order valence-electron chi connectivity index (χ2n) is 11.3. The molecule has 0 atom stereocenters. The van der Waals surface area contributed by atoms with Gasteiger partial charge >= 0.3 is 0 Å². The molecule has 0 N–H and O–H groups in total. The molecule has 1 heterocycles. The molecular weight excluding hydrogens is 520 g/mol. The Morgan fingerprint density at radius 2 is 1.21 bits per heavy atom. The van der Waals surface area contributed by atoms with Crippen LogP contribution in [0.2, 0.25) is 0 Å². The van der Waals surface area contributed by atoms with Gasteiger partial charge in [0, 0.05) is 16.5 Å². The molecule has 0 unspecified atom stereocenters. The van der Waals surface area contributed by atoms with Crippen LogP contribution in [0.1, 0.15) is 55.8 Å². The van der Waals surface area contributed by atoms with Crippen molar-refractivity contribution in [3.8, 4) is 33.8 Å². The highest BCUT2D eigenvalue weighted by Gasteiger charge is 2.35. The predicted molar refractivity (Wildman–Crippen MR) is 182 cm³/mol. The summed E-state index contributed by atoms with van der Waals surface area (Å²) in [5.74, 6) is 0.729. The van der Waals surface area contributed by atoms with E-state index in [0.29, 0.717) is 0 Å². The summed E-state index contributed by atoms with van der Waals surface area (Å²) >= 11 is 0. The van der Waals surface area contributed by atoms with Crippen molar-refractivity contribution in [3.05, 3.63) is 163 Å². The first-order valence-electron chi connectivity index (χ1n) is 15.4. The first-order chi connectivity index (χ1) is 21.2. The van der Waals surface area contributed by atoms with Crippen molar-refractivity contribution >= 4 is 5.57 Å². The summed E-state index contributed by atoms with van der Waals surface area (Å²) in [6.45, 7) is 5.94. The fraction of sp³-hybridized carbons (Fsp3) is 0.171. The Kier molecular flexibility index (Phi) is 8.56. The van der Waals surface area contributed by atoms with E-state index in [0.717, 1.165) is 33.9 Å². The Morgan fingerprint density at radius 3 is 1.79 bits per heavy atom. The highest BCUT2D eigenvalue weighted by Crippen LogP contribution is 2.45. The van der Waals surface area contributed by atoms with E-state index in [1.807, 2.05) is 43.4 Å². The summed E-state index contributed by atoms with van der Waals surface area (Å²) in [6.07, 6.45) is 14.0. The third-order valence-corrected chi connectivity index (χ3v) is 8.68. The summed E-state index contributed by atoms with van der Waals surface area (Å²) in [4.78, 5) is 10.1. The first-order valence-corrected chi connectivity index (χ1v) is 15.4. The number of rotatable bonds is 8. The van der Waals surface area contributed by atoms with Gasteiger partial charge in [0.1, 0.15) is 0 Å². The molecule has 1 aliphatic rings. The van der Waals surface area contributed by atoms with Gasteiger partial charge in [0.25, 0.3) is 0 Å². The number of aromatic nitrogens is 2. The van der Waals surface area contributed by atoms with Crippen molar-refractivity contribution < 1.29 is 0 Å². The minimum Gasteiger partial charge on any atom is -0.228 e. The first kappa shape index (κ1) is 28.3. The van der Waals surface area contributed by atoms with Crippen molar-refractivity contribution in [2.24, 2.45) is 0 Å². The SMILES string of the molecule is C=C/C=C(\C=C/C)c1cc(-c2ccccc2)nc(-c2ccc(C3(c4ccc(-c5ccccc5)cc4)CCCCC3)cc2)n1. The van der Waals surface area contributed by atoms with Gasteiger partial charge in [-0.2, -0.15) is 0 Å². The minimum absolute atomic E-state index is 0.0235. The average Bonchev–Trinajstić information content (AvgIpc) is 3.09. The lowest BCUT2D eigenvalue weighted by Gasteiger charge is -2.39. The molecule has 5 aromatic rings. The molecule has 0 aliphatic heterocycles. The Bertz CT molecular complexity index is 1720. The van der Waals surface area contributed by atoms with E-state index in [4.69, 9.17) is 9.97 Å². The molecule has 212 valence electrons. The zero-order valence-corrected chi connectivity index (χ0v) is 24.9. The summed E-state index contributed by atoms with van der Waals surface area (Å²) in [7, 11) is 0. The van der Waals surface area contributed by atoms with Crippen LogP contribution in [-0.4, -0.2) is 9.97 Å². The average molecular weight is 559 g/mol. The maximum atomic E-state index is 5.04. The summed E-state index contributed by atoms with van der Waals surface area (Å²) in [5, 5.41) is 0. The van der Waals surface area contributed by atoms with Crippen LogP contribution in [0.3, 0.4) is 0 Å². The molecule has 0 bridgehead atoms. The van der Waals surface area contributed by atoms with Gasteiger partial charge < -0.3 is 0 Å². The molecule has 1 saturated carbocycles. The molecular formula is C41H38N2. The van der Waals surface area contributed by atoms with Gasteiger partial charge in [-0.25, -0.2) is 9.97 Å². The highest BCUT2D eigenvalue weighted by molar-refractivity contribution is 5.77. The summed E-state index contributed by atoms with van der Waals surface area (Å²) in [6, 6.07) is 41.4. The minimum atomic E-state index is 0.0235. The van der Waals surface area contributed by atoms with Crippen LogP contribution in [0.25, 0.3) is 39.3 Å². The van der Waals surface area contributed by atoms with E-state index in [2.05, 4.69) is 110 Å². The fourth-order valence-corrected chi connectivity index (χ4v) is 6.46. The lowest BCUT2D eigenvalue weighted by atomic mass is 9.65. The molecule has 1 aromatic heterocycles. The molecule has 0 radical (unpaired) electrons. The zero-order valence-electron chi connectivity index (χ0n) is 24.9. The lowest BCUT2D eigenvalue weighted by Crippen LogP contribution is -2.30. The van der Waals surface area contributed by atoms with Crippen molar-refractivity contribution in [2.75, 3.05) is 0 Å². The predicted octanol–water partition coefficient (Wildman–Crippen LogP) is 10.9. The second-order valence-corrected chi connectivity index (χ2v) is 11.3. The van der Waals surface area contributed by atoms with Crippen molar-refractivity contribution in [1.82, 2.24) is 9.97 Å². The van der Waals surface area contributed by atoms with Gasteiger partial charge in [-0.15, -0.1) is 0 Å². The van der Waals surface area contributed by atoms with Crippen molar-refractivity contribution in [2.45, 2.75) is 44.4 Å². The van der Waals surface area contributed by atoms with Crippen LogP contribution in [0.4, 0.5) is 0 Å². The number of allylic oxidation sites excluding steroid dienone is 5. The van der Waals surface area contributed by atoms with E-state index in [-0.39, 0.29) is 5.41 Å². The Labute approximate surface area is 256 Å². The van der Waals surface area contributed by atoms with Crippen LogP contribution >= 0.6 is 0 Å². The number of benzene rings is 4. The molecule has 0 saturated heterocycles. The number of hydrogen-bond acceptors (Lipinski definition) is 2. The molecule has 43 heavy (non-hydrogen) atoms. The van der Waals surface area contributed by atoms with Crippen LogP contribution < -0.4 is 0 Å². The van der Waals surface area contributed by atoms with E-state index in [1.165, 1.54) is 54.4 Å². The fourth-order valence-electron chi connectivity index (χ4n) is 6.46.